The molecule has 0 spiro atoms. The van der Waals surface area contributed by atoms with Crippen molar-refractivity contribution < 1.29 is 23.5 Å². The van der Waals surface area contributed by atoms with Gasteiger partial charge in [-0.05, 0) is 36.8 Å². The minimum atomic E-state index is -0.250. The first-order valence-electron chi connectivity index (χ1n) is 9.75. The van der Waals surface area contributed by atoms with Gasteiger partial charge < -0.3 is 24.1 Å². The molecule has 1 N–H and O–H groups in total. The fourth-order valence-electron chi connectivity index (χ4n) is 2.97. The van der Waals surface area contributed by atoms with E-state index in [4.69, 9.17) is 18.7 Å². The van der Waals surface area contributed by atoms with E-state index in [0.717, 1.165) is 16.9 Å². The number of para-hydroxylation sites is 1. The molecule has 2 aromatic carbocycles. The number of hydrogen-bond donors (Lipinski definition) is 1. The molecule has 0 bridgehead atoms. The SMILES string of the molecule is COc1ccc(CNC(=O)[C@@H](C)SCc2cc(-c3ccccc3OC)no2)cc1OC. The van der Waals surface area contributed by atoms with Crippen LogP contribution >= 0.6 is 11.8 Å². The summed E-state index contributed by atoms with van der Waals surface area (Å²) < 4.78 is 21.4. The Balaban J connectivity index is 1.52. The molecule has 1 heterocycles. The highest BCUT2D eigenvalue weighted by Crippen LogP contribution is 2.30. The number of methoxy groups -OCH3 is 3. The van der Waals surface area contributed by atoms with Gasteiger partial charge in [-0.2, -0.15) is 0 Å². The molecule has 0 fully saturated rings. The van der Waals surface area contributed by atoms with Gasteiger partial charge >= 0.3 is 0 Å². The Morgan fingerprint density at radius 3 is 2.52 bits per heavy atom. The number of amides is 1. The van der Waals surface area contributed by atoms with E-state index in [1.165, 1.54) is 11.8 Å². The second-order valence-electron chi connectivity index (χ2n) is 6.74. The van der Waals surface area contributed by atoms with E-state index in [2.05, 4.69) is 10.5 Å². The Morgan fingerprint density at radius 1 is 1.03 bits per heavy atom. The van der Waals surface area contributed by atoms with Crippen molar-refractivity contribution in [2.75, 3.05) is 21.3 Å². The lowest BCUT2D eigenvalue weighted by atomic mass is 10.1. The summed E-state index contributed by atoms with van der Waals surface area (Å²) in [5.41, 5.74) is 2.50. The zero-order chi connectivity index (χ0) is 22.2. The van der Waals surface area contributed by atoms with Crippen molar-refractivity contribution in [3.05, 3.63) is 59.9 Å². The maximum atomic E-state index is 12.5. The molecule has 0 radical (unpaired) electrons. The van der Waals surface area contributed by atoms with Crippen molar-refractivity contribution in [3.8, 4) is 28.5 Å². The lowest BCUT2D eigenvalue weighted by Gasteiger charge is -2.13. The Morgan fingerprint density at radius 2 is 1.77 bits per heavy atom. The second-order valence-corrected chi connectivity index (χ2v) is 8.07. The largest absolute Gasteiger partial charge is 0.496 e. The van der Waals surface area contributed by atoms with Crippen LogP contribution < -0.4 is 19.5 Å². The Labute approximate surface area is 186 Å². The summed E-state index contributed by atoms with van der Waals surface area (Å²) in [4.78, 5) is 12.5. The summed E-state index contributed by atoms with van der Waals surface area (Å²) in [6.07, 6.45) is 0. The van der Waals surface area contributed by atoms with E-state index >= 15 is 0 Å². The van der Waals surface area contributed by atoms with E-state index in [-0.39, 0.29) is 11.2 Å². The number of aromatic nitrogens is 1. The van der Waals surface area contributed by atoms with Gasteiger partial charge in [-0.1, -0.05) is 23.4 Å². The molecule has 0 aliphatic rings. The van der Waals surface area contributed by atoms with Crippen molar-refractivity contribution in [2.24, 2.45) is 0 Å². The first kappa shape index (κ1) is 22.6. The minimum Gasteiger partial charge on any atom is -0.496 e. The maximum Gasteiger partial charge on any atom is 0.233 e. The van der Waals surface area contributed by atoms with Crippen LogP contribution in [0, 0.1) is 0 Å². The van der Waals surface area contributed by atoms with Crippen LogP contribution in [0.1, 0.15) is 18.2 Å². The molecular weight excluding hydrogens is 416 g/mol. The summed E-state index contributed by atoms with van der Waals surface area (Å²) in [7, 11) is 4.80. The van der Waals surface area contributed by atoms with Gasteiger partial charge in [-0.15, -0.1) is 11.8 Å². The van der Waals surface area contributed by atoms with Crippen LogP contribution in [0.5, 0.6) is 17.2 Å². The van der Waals surface area contributed by atoms with Crippen LogP contribution in [0.3, 0.4) is 0 Å². The third-order valence-electron chi connectivity index (χ3n) is 4.70. The number of hydrogen-bond acceptors (Lipinski definition) is 7. The summed E-state index contributed by atoms with van der Waals surface area (Å²) in [6.45, 7) is 2.27. The van der Waals surface area contributed by atoms with Gasteiger partial charge in [0.05, 0.1) is 32.3 Å². The smallest absolute Gasteiger partial charge is 0.233 e. The molecule has 1 atom stereocenters. The number of thioether (sulfide) groups is 1. The molecule has 8 heteroatoms. The van der Waals surface area contributed by atoms with Crippen molar-refractivity contribution in [2.45, 2.75) is 24.5 Å². The quantitative estimate of drug-likeness (QED) is 0.501. The van der Waals surface area contributed by atoms with Gasteiger partial charge in [0.15, 0.2) is 11.5 Å². The average molecular weight is 443 g/mol. The van der Waals surface area contributed by atoms with Crippen LogP contribution in [0.15, 0.2) is 53.1 Å². The summed E-state index contributed by atoms with van der Waals surface area (Å²) in [5, 5.41) is 6.83. The van der Waals surface area contributed by atoms with E-state index in [1.807, 2.05) is 55.5 Å². The van der Waals surface area contributed by atoms with Crippen molar-refractivity contribution in [3.63, 3.8) is 0 Å². The van der Waals surface area contributed by atoms with Crippen molar-refractivity contribution in [1.29, 1.82) is 0 Å². The molecule has 1 amide bonds. The molecule has 164 valence electrons. The third kappa shape index (κ3) is 5.73. The van der Waals surface area contributed by atoms with Gasteiger partial charge in [0, 0.05) is 18.2 Å². The molecule has 7 nitrogen and oxygen atoms in total. The van der Waals surface area contributed by atoms with Gasteiger partial charge in [-0.25, -0.2) is 0 Å². The highest BCUT2D eigenvalue weighted by molar-refractivity contribution is 7.99. The lowest BCUT2D eigenvalue weighted by Crippen LogP contribution is -2.30. The zero-order valence-electron chi connectivity index (χ0n) is 18.0. The van der Waals surface area contributed by atoms with E-state index in [1.54, 1.807) is 21.3 Å². The van der Waals surface area contributed by atoms with Crippen LogP contribution in [0.2, 0.25) is 0 Å². The number of carbonyl (C=O) groups is 1. The van der Waals surface area contributed by atoms with Gasteiger partial charge in [0.2, 0.25) is 5.91 Å². The summed E-state index contributed by atoms with van der Waals surface area (Å²) in [5.74, 6) is 3.20. The van der Waals surface area contributed by atoms with E-state index in [0.29, 0.717) is 35.3 Å². The zero-order valence-corrected chi connectivity index (χ0v) is 18.8. The highest BCUT2D eigenvalue weighted by Gasteiger charge is 2.16. The minimum absolute atomic E-state index is 0.0516. The molecule has 31 heavy (non-hydrogen) atoms. The standard InChI is InChI=1S/C23H26N2O5S/c1-15(23(26)24-13-16-9-10-21(28-3)22(11-16)29-4)31-14-17-12-19(25-30-17)18-7-5-6-8-20(18)27-2/h5-12,15H,13-14H2,1-4H3,(H,24,26)/t15-/m1/s1. The van der Waals surface area contributed by atoms with Crippen LogP contribution in [0.25, 0.3) is 11.3 Å². The first-order chi connectivity index (χ1) is 15.0. The maximum absolute atomic E-state index is 12.5. The Bertz CT molecular complexity index is 1020. The van der Waals surface area contributed by atoms with Crippen molar-refractivity contribution >= 4 is 17.7 Å². The molecule has 3 aromatic rings. The topological polar surface area (TPSA) is 82.8 Å². The van der Waals surface area contributed by atoms with Crippen molar-refractivity contribution in [1.82, 2.24) is 10.5 Å². The number of carbonyl (C=O) groups excluding carboxylic acids is 1. The van der Waals surface area contributed by atoms with Gasteiger partial charge in [0.1, 0.15) is 17.2 Å². The molecular formula is C23H26N2O5S. The third-order valence-corrected chi connectivity index (χ3v) is 5.87. The molecule has 0 aliphatic heterocycles. The van der Waals surface area contributed by atoms with Gasteiger partial charge in [0.25, 0.3) is 0 Å². The molecule has 0 unspecified atom stereocenters. The van der Waals surface area contributed by atoms with Crippen LogP contribution in [-0.2, 0) is 17.1 Å². The molecule has 0 aliphatic carbocycles. The number of rotatable bonds is 10. The normalized spacial score (nSPS) is 11.6. The van der Waals surface area contributed by atoms with Crippen LogP contribution in [-0.4, -0.2) is 37.6 Å². The lowest BCUT2D eigenvalue weighted by molar-refractivity contribution is -0.120. The predicted molar refractivity (Wildman–Crippen MR) is 121 cm³/mol. The summed E-state index contributed by atoms with van der Waals surface area (Å²) >= 11 is 1.48. The summed E-state index contributed by atoms with van der Waals surface area (Å²) in [6, 6.07) is 15.1. The first-order valence-corrected chi connectivity index (χ1v) is 10.8. The number of ether oxygens (including phenoxy) is 3. The fourth-order valence-corrected chi connectivity index (χ4v) is 3.76. The Hall–Kier alpha value is -3.13. The van der Waals surface area contributed by atoms with Crippen LogP contribution in [0.4, 0.5) is 0 Å². The number of benzene rings is 2. The molecule has 3 rings (SSSR count). The highest BCUT2D eigenvalue weighted by atomic mass is 32.2. The fraction of sp³-hybridized carbons (Fsp3) is 0.304. The van der Waals surface area contributed by atoms with E-state index in [9.17, 15) is 4.79 Å². The second kappa shape index (κ2) is 10.8. The molecule has 0 saturated carbocycles. The predicted octanol–water partition coefficient (Wildman–Crippen LogP) is 4.31. The van der Waals surface area contributed by atoms with E-state index < -0.39 is 0 Å². The monoisotopic (exact) mass is 442 g/mol. The molecule has 1 aromatic heterocycles. The molecule has 0 saturated heterocycles. The number of nitrogens with zero attached hydrogens (tertiary/aromatic N) is 1. The number of nitrogens with one attached hydrogen (secondary N) is 1. The average Bonchev–Trinajstić information content (AvgIpc) is 3.29. The Kier molecular flexibility index (Phi) is 7.83. The van der Waals surface area contributed by atoms with Gasteiger partial charge in [-0.3, -0.25) is 4.79 Å².